The van der Waals surface area contributed by atoms with Crippen LogP contribution in [0.15, 0.2) is 46.2 Å². The number of oxime groups is 1. The van der Waals surface area contributed by atoms with Crippen LogP contribution in [0.25, 0.3) is 0 Å². The molecule has 98 valence electrons. The lowest BCUT2D eigenvalue weighted by atomic mass is 10.3. The number of hydrogen-bond acceptors (Lipinski definition) is 4. The Labute approximate surface area is 116 Å². The van der Waals surface area contributed by atoms with Gasteiger partial charge in [-0.15, -0.1) is 0 Å². The Morgan fingerprint density at radius 3 is 2.63 bits per heavy atom. The Balaban J connectivity index is 2.17. The van der Waals surface area contributed by atoms with Crippen LogP contribution in [0.4, 0.5) is 4.39 Å². The van der Waals surface area contributed by atoms with Gasteiger partial charge in [-0.2, -0.15) is 0 Å². The minimum Gasteiger partial charge on any atom is -0.456 e. The van der Waals surface area contributed by atoms with E-state index < -0.39 is 0 Å². The molecule has 0 aliphatic carbocycles. The number of benzene rings is 1. The van der Waals surface area contributed by atoms with E-state index >= 15 is 0 Å². The molecule has 0 spiro atoms. The van der Waals surface area contributed by atoms with E-state index in [1.54, 1.807) is 12.1 Å². The van der Waals surface area contributed by atoms with Gasteiger partial charge in [-0.05, 0) is 46.3 Å². The lowest BCUT2D eigenvalue weighted by Gasteiger charge is -2.06. The first-order valence-electron chi connectivity index (χ1n) is 5.17. The molecule has 7 heteroatoms. The highest BCUT2D eigenvalue weighted by atomic mass is 79.9. The molecular weight excluding hydrogens is 317 g/mol. The van der Waals surface area contributed by atoms with Crippen LogP contribution in [0.1, 0.15) is 5.69 Å². The average Bonchev–Trinajstić information content (AvgIpc) is 2.43. The molecule has 0 atom stereocenters. The maximum atomic E-state index is 13.1. The minimum atomic E-state index is -0.368. The van der Waals surface area contributed by atoms with E-state index in [4.69, 9.17) is 15.7 Å². The number of hydrogen-bond donors (Lipinski definition) is 2. The zero-order valence-corrected chi connectivity index (χ0v) is 11.1. The van der Waals surface area contributed by atoms with Crippen LogP contribution < -0.4 is 10.5 Å². The number of halogens is 2. The van der Waals surface area contributed by atoms with Crippen molar-refractivity contribution in [3.05, 3.63) is 52.5 Å². The number of amidine groups is 1. The first-order chi connectivity index (χ1) is 9.10. The molecule has 0 saturated carbocycles. The Morgan fingerprint density at radius 1 is 1.32 bits per heavy atom. The normalized spacial score (nSPS) is 11.4. The third kappa shape index (κ3) is 3.19. The fourth-order valence-corrected chi connectivity index (χ4v) is 1.68. The summed E-state index contributed by atoms with van der Waals surface area (Å²) in [6, 6.07) is 7.45. The fraction of sp³-hybridized carbons (Fsp3) is 0. The summed E-state index contributed by atoms with van der Waals surface area (Å²) in [5.41, 5.74) is 5.71. The highest BCUT2D eigenvalue weighted by molar-refractivity contribution is 9.10. The van der Waals surface area contributed by atoms with Crippen LogP contribution in [0.3, 0.4) is 0 Å². The van der Waals surface area contributed by atoms with Crippen molar-refractivity contribution in [1.82, 2.24) is 4.98 Å². The Hall–Kier alpha value is -2.15. The molecule has 1 aromatic heterocycles. The summed E-state index contributed by atoms with van der Waals surface area (Å²) in [5, 5.41) is 11.3. The van der Waals surface area contributed by atoms with Crippen LogP contribution in [0.5, 0.6) is 11.5 Å². The maximum absolute atomic E-state index is 13.1. The minimum absolute atomic E-state index is 0.0870. The summed E-state index contributed by atoms with van der Waals surface area (Å²) < 4.78 is 18.8. The SMILES string of the molecule is N/C(=N/O)c1ccc(Oc2ccc(F)c(Br)c2)cn1. The van der Waals surface area contributed by atoms with Gasteiger partial charge in [0.2, 0.25) is 0 Å². The summed E-state index contributed by atoms with van der Waals surface area (Å²) >= 11 is 3.07. The molecule has 0 saturated heterocycles. The molecule has 0 amide bonds. The lowest BCUT2D eigenvalue weighted by molar-refractivity contribution is 0.318. The van der Waals surface area contributed by atoms with Gasteiger partial charge in [0.1, 0.15) is 23.0 Å². The number of pyridine rings is 1. The van der Waals surface area contributed by atoms with E-state index in [9.17, 15) is 4.39 Å². The highest BCUT2D eigenvalue weighted by Gasteiger charge is 2.04. The van der Waals surface area contributed by atoms with Gasteiger partial charge in [0, 0.05) is 0 Å². The van der Waals surface area contributed by atoms with Crippen molar-refractivity contribution in [2.75, 3.05) is 0 Å². The zero-order chi connectivity index (χ0) is 13.8. The molecule has 2 rings (SSSR count). The predicted octanol–water partition coefficient (Wildman–Crippen LogP) is 2.87. The van der Waals surface area contributed by atoms with Gasteiger partial charge in [-0.25, -0.2) is 9.37 Å². The van der Waals surface area contributed by atoms with Gasteiger partial charge in [0.05, 0.1) is 10.7 Å². The molecule has 3 N–H and O–H groups in total. The fourth-order valence-electron chi connectivity index (χ4n) is 1.32. The van der Waals surface area contributed by atoms with Crippen LogP contribution in [-0.2, 0) is 0 Å². The Morgan fingerprint density at radius 2 is 2.05 bits per heavy atom. The van der Waals surface area contributed by atoms with E-state index in [0.29, 0.717) is 21.7 Å². The van der Waals surface area contributed by atoms with Gasteiger partial charge in [-0.1, -0.05) is 5.16 Å². The molecule has 2 aromatic rings. The predicted molar refractivity (Wildman–Crippen MR) is 70.9 cm³/mol. The first kappa shape index (κ1) is 13.3. The smallest absolute Gasteiger partial charge is 0.188 e. The largest absolute Gasteiger partial charge is 0.456 e. The molecule has 1 heterocycles. The second kappa shape index (κ2) is 5.66. The molecule has 0 unspecified atom stereocenters. The Kier molecular flexibility index (Phi) is 3.96. The van der Waals surface area contributed by atoms with Crippen LogP contribution in [0.2, 0.25) is 0 Å². The van der Waals surface area contributed by atoms with Crippen molar-refractivity contribution in [1.29, 1.82) is 0 Å². The quantitative estimate of drug-likeness (QED) is 0.393. The van der Waals surface area contributed by atoms with Gasteiger partial charge >= 0.3 is 0 Å². The lowest BCUT2D eigenvalue weighted by Crippen LogP contribution is -2.14. The van der Waals surface area contributed by atoms with E-state index in [1.807, 2.05) is 0 Å². The van der Waals surface area contributed by atoms with E-state index in [0.717, 1.165) is 0 Å². The second-order valence-electron chi connectivity index (χ2n) is 3.54. The van der Waals surface area contributed by atoms with Crippen LogP contribution in [0, 0.1) is 5.82 Å². The third-order valence-electron chi connectivity index (χ3n) is 2.23. The van der Waals surface area contributed by atoms with E-state index in [1.165, 1.54) is 24.4 Å². The summed E-state index contributed by atoms with van der Waals surface area (Å²) in [5.74, 6) is 0.462. The van der Waals surface area contributed by atoms with Crippen molar-refractivity contribution < 1.29 is 14.3 Å². The molecule has 0 fully saturated rings. The molecule has 0 aliphatic heterocycles. The Bertz CT molecular complexity index is 617. The van der Waals surface area contributed by atoms with Crippen molar-refractivity contribution in [2.24, 2.45) is 10.9 Å². The first-order valence-corrected chi connectivity index (χ1v) is 5.96. The summed E-state index contributed by atoms with van der Waals surface area (Å²) in [7, 11) is 0. The number of rotatable bonds is 3. The number of nitrogens with two attached hydrogens (primary N) is 1. The average molecular weight is 326 g/mol. The standard InChI is InChI=1S/C12H9BrFN3O2/c13-9-5-7(1-3-10(9)14)19-8-2-4-11(16-6-8)12(15)17-18/h1-6,18H,(H2,15,17). The molecule has 0 bridgehead atoms. The number of nitrogens with zero attached hydrogens (tertiary/aromatic N) is 2. The second-order valence-corrected chi connectivity index (χ2v) is 4.40. The van der Waals surface area contributed by atoms with Gasteiger partial charge < -0.3 is 15.7 Å². The molecule has 0 aliphatic rings. The van der Waals surface area contributed by atoms with Crippen molar-refractivity contribution >= 4 is 21.8 Å². The van der Waals surface area contributed by atoms with Crippen LogP contribution >= 0.6 is 15.9 Å². The summed E-state index contributed by atoms with van der Waals surface area (Å²) in [4.78, 5) is 3.96. The van der Waals surface area contributed by atoms with Crippen molar-refractivity contribution in [2.45, 2.75) is 0 Å². The molecule has 1 aromatic carbocycles. The van der Waals surface area contributed by atoms with Gasteiger partial charge in [0.25, 0.3) is 0 Å². The van der Waals surface area contributed by atoms with Gasteiger partial charge in [-0.3, -0.25) is 0 Å². The van der Waals surface area contributed by atoms with E-state index in [-0.39, 0.29) is 11.7 Å². The summed E-state index contributed by atoms with van der Waals surface area (Å²) in [6.45, 7) is 0. The number of aromatic nitrogens is 1. The number of ether oxygens (including phenoxy) is 1. The molecular formula is C12H9BrFN3O2. The van der Waals surface area contributed by atoms with Crippen molar-refractivity contribution in [3.63, 3.8) is 0 Å². The molecule has 0 radical (unpaired) electrons. The van der Waals surface area contributed by atoms with Crippen LogP contribution in [-0.4, -0.2) is 16.0 Å². The topological polar surface area (TPSA) is 80.7 Å². The maximum Gasteiger partial charge on any atom is 0.188 e. The van der Waals surface area contributed by atoms with E-state index in [2.05, 4.69) is 26.1 Å². The highest BCUT2D eigenvalue weighted by Crippen LogP contribution is 2.25. The molecule has 19 heavy (non-hydrogen) atoms. The monoisotopic (exact) mass is 325 g/mol. The zero-order valence-electron chi connectivity index (χ0n) is 9.55. The summed E-state index contributed by atoms with van der Waals surface area (Å²) in [6.07, 6.45) is 1.42. The third-order valence-corrected chi connectivity index (χ3v) is 2.84. The van der Waals surface area contributed by atoms with Crippen molar-refractivity contribution in [3.8, 4) is 11.5 Å². The van der Waals surface area contributed by atoms with Gasteiger partial charge in [0.15, 0.2) is 5.84 Å². The molecule has 5 nitrogen and oxygen atoms in total.